The number of aromatic carboxylic acids is 1. The third-order valence-electron chi connectivity index (χ3n) is 2.10. The van der Waals surface area contributed by atoms with Gasteiger partial charge in [0.1, 0.15) is 0 Å². The van der Waals surface area contributed by atoms with Crippen LogP contribution in [0, 0.1) is 0 Å². The zero-order valence-corrected chi connectivity index (χ0v) is 7.92. The van der Waals surface area contributed by atoms with Gasteiger partial charge in [-0.15, -0.1) is 0 Å². The monoisotopic (exact) mass is 199 g/mol. The second-order valence-corrected chi connectivity index (χ2v) is 3.07. The Morgan fingerprint density at radius 3 is 2.87 bits per heavy atom. The van der Waals surface area contributed by atoms with Crippen LogP contribution in [0.5, 0.6) is 0 Å². The highest BCUT2D eigenvalue weighted by Crippen LogP contribution is 2.25. The number of aliphatic imine (C=N–C) groups is 1. The van der Waals surface area contributed by atoms with Gasteiger partial charge in [0, 0.05) is 11.8 Å². The Bertz CT molecular complexity index is 484. The van der Waals surface area contributed by atoms with Crippen molar-refractivity contribution in [1.82, 2.24) is 0 Å². The molecule has 1 N–H and O–H groups in total. The summed E-state index contributed by atoms with van der Waals surface area (Å²) >= 11 is 0. The van der Waals surface area contributed by atoms with Crippen LogP contribution in [0.15, 0.2) is 41.4 Å². The molecular weight excluding hydrogens is 190 g/mol. The summed E-state index contributed by atoms with van der Waals surface area (Å²) in [5, 5.41) is 9.00. The number of hydrogen-bond donors (Lipinski definition) is 1. The van der Waals surface area contributed by atoms with Gasteiger partial charge in [-0.3, -0.25) is 4.99 Å². The first-order chi connectivity index (χ1) is 7.29. The van der Waals surface area contributed by atoms with E-state index in [1.165, 1.54) is 0 Å². The maximum absolute atomic E-state index is 11.0. The van der Waals surface area contributed by atoms with Gasteiger partial charge in [-0.2, -0.15) is 0 Å². The average Bonchev–Trinajstić information content (AvgIpc) is 2.17. The molecule has 0 atom stereocenters. The highest BCUT2D eigenvalue weighted by molar-refractivity contribution is 5.95. The number of nitrogens with zero attached hydrogens (tertiary/aromatic N) is 1. The molecule has 2 rings (SSSR count). The maximum atomic E-state index is 11.0. The van der Waals surface area contributed by atoms with Crippen molar-refractivity contribution in [3.8, 4) is 0 Å². The van der Waals surface area contributed by atoms with E-state index in [4.69, 9.17) is 5.11 Å². The van der Waals surface area contributed by atoms with Gasteiger partial charge in [0.05, 0.1) is 11.3 Å². The van der Waals surface area contributed by atoms with Crippen molar-refractivity contribution in [2.75, 3.05) is 0 Å². The van der Waals surface area contributed by atoms with Crippen molar-refractivity contribution < 1.29 is 9.90 Å². The van der Waals surface area contributed by atoms with E-state index in [9.17, 15) is 4.79 Å². The minimum Gasteiger partial charge on any atom is -0.478 e. The van der Waals surface area contributed by atoms with Crippen LogP contribution in [-0.4, -0.2) is 17.3 Å². The van der Waals surface area contributed by atoms with E-state index in [0.29, 0.717) is 11.3 Å². The molecular formula is C12H9NO2. The van der Waals surface area contributed by atoms with Crippen molar-refractivity contribution in [2.24, 2.45) is 4.99 Å². The van der Waals surface area contributed by atoms with Gasteiger partial charge in [0.15, 0.2) is 0 Å². The van der Waals surface area contributed by atoms with Crippen molar-refractivity contribution in [1.29, 1.82) is 0 Å². The van der Waals surface area contributed by atoms with Crippen LogP contribution >= 0.6 is 0 Å². The Balaban J connectivity index is 2.64. The summed E-state index contributed by atoms with van der Waals surface area (Å²) in [4.78, 5) is 15.1. The van der Waals surface area contributed by atoms with Crippen molar-refractivity contribution in [3.05, 3.63) is 47.6 Å². The lowest BCUT2D eigenvalue weighted by Gasteiger charge is -2.05. The Morgan fingerprint density at radius 1 is 1.20 bits per heavy atom. The molecule has 74 valence electrons. The summed E-state index contributed by atoms with van der Waals surface area (Å²) in [6.07, 6.45) is 8.81. The molecule has 0 aromatic heterocycles. The smallest absolute Gasteiger partial charge is 0.336 e. The van der Waals surface area contributed by atoms with Crippen molar-refractivity contribution in [3.63, 3.8) is 0 Å². The van der Waals surface area contributed by atoms with Crippen LogP contribution in [0.25, 0.3) is 6.08 Å². The lowest BCUT2D eigenvalue weighted by molar-refractivity contribution is 0.0696. The fraction of sp³-hybridized carbons (Fsp3) is 0. The topological polar surface area (TPSA) is 49.7 Å². The number of allylic oxidation sites excluding steroid dienone is 3. The first kappa shape index (κ1) is 9.40. The fourth-order valence-electron chi connectivity index (χ4n) is 1.42. The van der Waals surface area contributed by atoms with E-state index in [1.807, 2.05) is 6.08 Å². The van der Waals surface area contributed by atoms with E-state index in [-0.39, 0.29) is 5.56 Å². The predicted octanol–water partition coefficient (Wildman–Crippen LogP) is 2.67. The number of carbonyl (C=O) groups is 1. The molecule has 15 heavy (non-hydrogen) atoms. The van der Waals surface area contributed by atoms with Gasteiger partial charge in [-0.05, 0) is 18.2 Å². The third-order valence-corrected chi connectivity index (χ3v) is 2.10. The van der Waals surface area contributed by atoms with E-state index in [0.717, 1.165) is 0 Å². The van der Waals surface area contributed by atoms with E-state index in [1.54, 1.807) is 42.6 Å². The highest BCUT2D eigenvalue weighted by atomic mass is 16.4. The Kier molecular flexibility index (Phi) is 2.46. The molecule has 0 unspecified atom stereocenters. The Labute approximate surface area is 87.1 Å². The van der Waals surface area contributed by atoms with Crippen LogP contribution in [0.1, 0.15) is 15.9 Å². The molecule has 3 heteroatoms. The second-order valence-electron chi connectivity index (χ2n) is 3.07. The predicted molar refractivity (Wildman–Crippen MR) is 59.7 cm³/mol. The first-order valence-electron chi connectivity index (χ1n) is 4.53. The molecule has 0 aliphatic carbocycles. The van der Waals surface area contributed by atoms with Crippen LogP contribution in [0.4, 0.5) is 5.69 Å². The van der Waals surface area contributed by atoms with Gasteiger partial charge in [0.2, 0.25) is 0 Å². The molecule has 0 fully saturated rings. The average molecular weight is 199 g/mol. The summed E-state index contributed by atoms with van der Waals surface area (Å²) in [5.41, 5.74) is 1.59. The normalized spacial score (nSPS) is 13.1. The van der Waals surface area contributed by atoms with E-state index in [2.05, 4.69) is 4.99 Å². The summed E-state index contributed by atoms with van der Waals surface area (Å²) in [5.74, 6) is -0.934. The van der Waals surface area contributed by atoms with E-state index < -0.39 is 5.97 Å². The number of fused-ring (bicyclic) bond motifs is 1. The molecule has 1 aromatic carbocycles. The summed E-state index contributed by atoms with van der Waals surface area (Å²) in [7, 11) is 0. The molecule has 3 nitrogen and oxygen atoms in total. The van der Waals surface area contributed by atoms with E-state index >= 15 is 0 Å². The van der Waals surface area contributed by atoms with Gasteiger partial charge in [-0.25, -0.2) is 4.79 Å². The lowest BCUT2D eigenvalue weighted by atomic mass is 10.0. The highest BCUT2D eigenvalue weighted by Gasteiger charge is 2.10. The number of carboxylic acid groups (broad SMARTS) is 1. The minimum atomic E-state index is -0.934. The molecule has 0 saturated carbocycles. The number of benzene rings is 1. The zero-order valence-electron chi connectivity index (χ0n) is 7.92. The Morgan fingerprint density at radius 2 is 2.07 bits per heavy atom. The Hall–Kier alpha value is -2.16. The van der Waals surface area contributed by atoms with Gasteiger partial charge in [0.25, 0.3) is 0 Å². The molecule has 0 amide bonds. The SMILES string of the molecule is O=C(O)c1cccc2c1C=CC=CC=N2. The molecule has 0 spiro atoms. The quantitative estimate of drug-likeness (QED) is 0.755. The minimum absolute atomic E-state index is 0.274. The van der Waals surface area contributed by atoms with Crippen LogP contribution < -0.4 is 0 Å². The summed E-state index contributed by atoms with van der Waals surface area (Å²) in [6, 6.07) is 5.06. The third kappa shape index (κ3) is 1.86. The molecule has 1 aromatic rings. The van der Waals surface area contributed by atoms with Crippen molar-refractivity contribution in [2.45, 2.75) is 0 Å². The number of carboxylic acids is 1. The standard InChI is InChI=1S/C12H9NO2/c14-12(15)10-6-4-7-11-9(10)5-2-1-3-8-13-11/h1-8H,(H,14,15). The van der Waals surface area contributed by atoms with Gasteiger partial charge in [-0.1, -0.05) is 24.3 Å². The number of rotatable bonds is 1. The second kappa shape index (κ2) is 3.92. The molecule has 0 bridgehead atoms. The van der Waals surface area contributed by atoms with Gasteiger partial charge >= 0.3 is 5.97 Å². The molecule has 1 heterocycles. The summed E-state index contributed by atoms with van der Waals surface area (Å²) < 4.78 is 0. The maximum Gasteiger partial charge on any atom is 0.336 e. The zero-order chi connectivity index (χ0) is 10.7. The molecule has 0 radical (unpaired) electrons. The molecule has 0 saturated heterocycles. The first-order valence-corrected chi connectivity index (χ1v) is 4.53. The van der Waals surface area contributed by atoms with Crippen LogP contribution in [0.3, 0.4) is 0 Å². The fourth-order valence-corrected chi connectivity index (χ4v) is 1.42. The lowest BCUT2D eigenvalue weighted by Crippen LogP contribution is -1.99. The number of hydrogen-bond acceptors (Lipinski definition) is 2. The van der Waals surface area contributed by atoms with Crippen LogP contribution in [-0.2, 0) is 0 Å². The summed E-state index contributed by atoms with van der Waals surface area (Å²) in [6.45, 7) is 0. The van der Waals surface area contributed by atoms with Crippen molar-refractivity contribution >= 4 is 23.9 Å². The molecule has 1 aliphatic rings. The largest absolute Gasteiger partial charge is 0.478 e. The molecule has 1 aliphatic heterocycles. The van der Waals surface area contributed by atoms with Gasteiger partial charge < -0.3 is 5.11 Å². The van der Waals surface area contributed by atoms with Crippen LogP contribution in [0.2, 0.25) is 0 Å².